The predicted molar refractivity (Wildman–Crippen MR) is 43.2 cm³/mol. The first kappa shape index (κ1) is 8.07. The van der Waals surface area contributed by atoms with Crippen molar-refractivity contribution in [1.29, 1.82) is 0 Å². The molecule has 0 saturated carbocycles. The predicted octanol–water partition coefficient (Wildman–Crippen LogP) is 1.38. The maximum atomic E-state index is 10.5. The van der Waals surface area contributed by atoms with Crippen molar-refractivity contribution in [3.8, 4) is 0 Å². The molecule has 4 heteroatoms. The molecule has 0 amide bonds. The Morgan fingerprint density at radius 1 is 1.73 bits per heavy atom. The Morgan fingerprint density at radius 3 is 2.82 bits per heavy atom. The van der Waals surface area contributed by atoms with Crippen molar-refractivity contribution < 1.29 is 9.90 Å². The van der Waals surface area contributed by atoms with E-state index in [1.165, 1.54) is 6.20 Å². The van der Waals surface area contributed by atoms with Crippen LogP contribution in [0.25, 0.3) is 0 Å². The SMILES string of the molecule is Cc1ccnc(C(=O)O)c1S. The summed E-state index contributed by atoms with van der Waals surface area (Å²) in [7, 11) is 0. The number of rotatable bonds is 1. The molecule has 58 valence electrons. The molecule has 0 unspecified atom stereocenters. The fourth-order valence-electron chi connectivity index (χ4n) is 0.707. The van der Waals surface area contributed by atoms with E-state index in [4.69, 9.17) is 5.11 Å². The minimum atomic E-state index is -1.04. The van der Waals surface area contributed by atoms with Gasteiger partial charge < -0.3 is 5.11 Å². The van der Waals surface area contributed by atoms with Crippen molar-refractivity contribution in [3.05, 3.63) is 23.5 Å². The Hall–Kier alpha value is -1.03. The average molecular weight is 169 g/mol. The van der Waals surface area contributed by atoms with Crippen molar-refractivity contribution in [2.75, 3.05) is 0 Å². The third-order valence-corrected chi connectivity index (χ3v) is 1.89. The number of pyridine rings is 1. The topological polar surface area (TPSA) is 50.2 Å². The highest BCUT2D eigenvalue weighted by Crippen LogP contribution is 2.15. The lowest BCUT2D eigenvalue weighted by Crippen LogP contribution is -2.02. The summed E-state index contributed by atoms with van der Waals surface area (Å²) in [6.45, 7) is 1.79. The molecule has 0 fully saturated rings. The molecule has 0 aliphatic rings. The Morgan fingerprint density at radius 2 is 2.36 bits per heavy atom. The van der Waals surface area contributed by atoms with Crippen LogP contribution in [-0.2, 0) is 0 Å². The van der Waals surface area contributed by atoms with E-state index in [0.717, 1.165) is 5.56 Å². The zero-order valence-electron chi connectivity index (χ0n) is 5.90. The van der Waals surface area contributed by atoms with E-state index in [9.17, 15) is 4.79 Å². The van der Waals surface area contributed by atoms with Crippen molar-refractivity contribution in [2.45, 2.75) is 11.8 Å². The molecule has 1 heterocycles. The average Bonchev–Trinajstić information content (AvgIpc) is 1.94. The molecule has 1 aromatic heterocycles. The molecule has 0 aliphatic carbocycles. The maximum Gasteiger partial charge on any atom is 0.355 e. The summed E-state index contributed by atoms with van der Waals surface area (Å²) in [6, 6.07) is 1.72. The van der Waals surface area contributed by atoms with Gasteiger partial charge in [0.2, 0.25) is 0 Å². The van der Waals surface area contributed by atoms with Crippen LogP contribution in [0.1, 0.15) is 16.1 Å². The number of nitrogens with zero attached hydrogens (tertiary/aromatic N) is 1. The summed E-state index contributed by atoms with van der Waals surface area (Å²) >= 11 is 4.01. The van der Waals surface area contributed by atoms with Gasteiger partial charge in [0, 0.05) is 11.1 Å². The molecule has 0 radical (unpaired) electrons. The second-order valence-corrected chi connectivity index (χ2v) is 2.58. The van der Waals surface area contributed by atoms with E-state index < -0.39 is 5.97 Å². The van der Waals surface area contributed by atoms with E-state index in [1.54, 1.807) is 13.0 Å². The van der Waals surface area contributed by atoms with Crippen LogP contribution in [0.15, 0.2) is 17.2 Å². The maximum absolute atomic E-state index is 10.5. The van der Waals surface area contributed by atoms with Crippen molar-refractivity contribution in [2.24, 2.45) is 0 Å². The lowest BCUT2D eigenvalue weighted by atomic mass is 10.2. The number of hydrogen-bond donors (Lipinski definition) is 2. The van der Waals surface area contributed by atoms with Gasteiger partial charge in [-0.25, -0.2) is 9.78 Å². The van der Waals surface area contributed by atoms with Gasteiger partial charge in [-0.1, -0.05) is 0 Å². The van der Waals surface area contributed by atoms with Gasteiger partial charge in [-0.15, -0.1) is 12.6 Å². The van der Waals surface area contributed by atoms with Gasteiger partial charge in [0.1, 0.15) is 0 Å². The molecule has 1 aromatic rings. The van der Waals surface area contributed by atoms with Crippen LogP contribution in [-0.4, -0.2) is 16.1 Å². The summed E-state index contributed by atoms with van der Waals surface area (Å²) in [6.07, 6.45) is 1.46. The van der Waals surface area contributed by atoms with Gasteiger partial charge in [-0.05, 0) is 18.6 Å². The molecular weight excluding hydrogens is 162 g/mol. The number of carboxylic acids is 1. The highest BCUT2D eigenvalue weighted by atomic mass is 32.1. The number of hydrogen-bond acceptors (Lipinski definition) is 3. The minimum absolute atomic E-state index is 0.00772. The van der Waals surface area contributed by atoms with Gasteiger partial charge in [-0.2, -0.15) is 0 Å². The quantitative estimate of drug-likeness (QED) is 0.624. The van der Waals surface area contributed by atoms with E-state index in [1.807, 2.05) is 0 Å². The number of aromatic carboxylic acids is 1. The molecule has 0 bridgehead atoms. The van der Waals surface area contributed by atoms with E-state index in [0.29, 0.717) is 4.90 Å². The van der Waals surface area contributed by atoms with Crippen LogP contribution < -0.4 is 0 Å². The molecule has 11 heavy (non-hydrogen) atoms. The number of aromatic nitrogens is 1. The van der Waals surface area contributed by atoms with Crippen LogP contribution in [0.4, 0.5) is 0 Å². The molecule has 1 N–H and O–H groups in total. The van der Waals surface area contributed by atoms with Gasteiger partial charge in [-0.3, -0.25) is 0 Å². The molecule has 0 spiro atoms. The highest BCUT2D eigenvalue weighted by molar-refractivity contribution is 7.80. The van der Waals surface area contributed by atoms with Crippen LogP contribution in [0.5, 0.6) is 0 Å². The Balaban J connectivity index is 3.27. The molecular formula is C7H7NO2S. The smallest absolute Gasteiger partial charge is 0.355 e. The van der Waals surface area contributed by atoms with Crippen LogP contribution in [0.3, 0.4) is 0 Å². The van der Waals surface area contributed by atoms with Crippen molar-refractivity contribution in [3.63, 3.8) is 0 Å². The van der Waals surface area contributed by atoms with Crippen molar-refractivity contribution in [1.82, 2.24) is 4.98 Å². The minimum Gasteiger partial charge on any atom is -0.476 e. The van der Waals surface area contributed by atoms with Gasteiger partial charge >= 0.3 is 5.97 Å². The Bertz CT molecular complexity index is 298. The number of thiol groups is 1. The number of aryl methyl sites for hydroxylation is 1. The van der Waals surface area contributed by atoms with Crippen molar-refractivity contribution >= 4 is 18.6 Å². The molecule has 1 rings (SSSR count). The van der Waals surface area contributed by atoms with Gasteiger partial charge in [0.25, 0.3) is 0 Å². The zero-order valence-corrected chi connectivity index (χ0v) is 6.80. The highest BCUT2D eigenvalue weighted by Gasteiger charge is 2.09. The van der Waals surface area contributed by atoms with Crippen LogP contribution in [0, 0.1) is 6.92 Å². The normalized spacial score (nSPS) is 9.64. The van der Waals surface area contributed by atoms with Crippen LogP contribution in [0.2, 0.25) is 0 Å². The number of carboxylic acid groups (broad SMARTS) is 1. The second-order valence-electron chi connectivity index (χ2n) is 2.13. The lowest BCUT2D eigenvalue weighted by molar-refractivity contribution is 0.0686. The number of carbonyl (C=O) groups is 1. The summed E-state index contributed by atoms with van der Waals surface area (Å²) in [5.74, 6) is -1.04. The third kappa shape index (κ3) is 1.51. The summed E-state index contributed by atoms with van der Waals surface area (Å²) < 4.78 is 0. The Kier molecular flexibility index (Phi) is 2.14. The monoisotopic (exact) mass is 169 g/mol. The molecule has 3 nitrogen and oxygen atoms in total. The molecule has 0 aliphatic heterocycles. The molecule has 0 atom stereocenters. The van der Waals surface area contributed by atoms with Crippen LogP contribution >= 0.6 is 12.6 Å². The summed E-state index contributed by atoms with van der Waals surface area (Å²) in [4.78, 5) is 14.6. The lowest BCUT2D eigenvalue weighted by Gasteiger charge is -2.00. The second kappa shape index (κ2) is 2.92. The first-order chi connectivity index (χ1) is 5.13. The fourth-order valence-corrected chi connectivity index (χ4v) is 0.935. The third-order valence-electron chi connectivity index (χ3n) is 1.33. The molecule has 0 saturated heterocycles. The van der Waals surface area contributed by atoms with Gasteiger partial charge in [0.15, 0.2) is 5.69 Å². The zero-order chi connectivity index (χ0) is 8.43. The summed E-state index contributed by atoms with van der Waals surface area (Å²) in [5.41, 5.74) is 0.828. The van der Waals surface area contributed by atoms with Gasteiger partial charge in [0.05, 0.1) is 0 Å². The van der Waals surface area contributed by atoms with E-state index in [-0.39, 0.29) is 5.69 Å². The Labute approximate surface area is 69.5 Å². The van der Waals surface area contributed by atoms with E-state index >= 15 is 0 Å². The fraction of sp³-hybridized carbons (Fsp3) is 0.143. The summed E-state index contributed by atoms with van der Waals surface area (Å²) in [5, 5.41) is 8.58. The first-order valence-electron chi connectivity index (χ1n) is 3.01. The van der Waals surface area contributed by atoms with E-state index in [2.05, 4.69) is 17.6 Å². The first-order valence-corrected chi connectivity index (χ1v) is 3.45. The molecule has 0 aromatic carbocycles. The largest absolute Gasteiger partial charge is 0.476 e. The standard InChI is InChI=1S/C7H7NO2S/c1-4-2-3-8-5(6(4)11)7(9)10/h2-3,11H,1H3,(H,9,10).